The lowest BCUT2D eigenvalue weighted by Gasteiger charge is -2.12. The van der Waals surface area contributed by atoms with Crippen molar-refractivity contribution in [3.8, 4) is 0 Å². The number of rotatable bonds is 3. The molecule has 82 valence electrons. The molecule has 1 aromatic carbocycles. The number of hydrogen-bond acceptors (Lipinski definition) is 2. The van der Waals surface area contributed by atoms with Gasteiger partial charge in [0.15, 0.2) is 0 Å². The zero-order valence-electron chi connectivity index (χ0n) is 9.43. The molecule has 0 unspecified atom stereocenters. The highest BCUT2D eigenvalue weighted by atomic mass is 14.6. The minimum Gasteiger partial charge on any atom is -0.324 e. The van der Waals surface area contributed by atoms with Gasteiger partial charge in [-0.3, -0.25) is 4.98 Å². The Labute approximate surface area is 96.1 Å². The minimum absolute atomic E-state index is 0.0577. The number of hydrogen-bond donors (Lipinski definition) is 1. The summed E-state index contributed by atoms with van der Waals surface area (Å²) in [6, 6.07) is 12.4. The molecule has 16 heavy (non-hydrogen) atoms. The number of aromatic nitrogens is 1. The van der Waals surface area contributed by atoms with Gasteiger partial charge >= 0.3 is 0 Å². The van der Waals surface area contributed by atoms with Crippen LogP contribution in [0, 0.1) is 6.92 Å². The molecule has 2 aromatic rings. The van der Waals surface area contributed by atoms with Gasteiger partial charge in [-0.05, 0) is 36.6 Å². The molecule has 0 aliphatic heterocycles. The summed E-state index contributed by atoms with van der Waals surface area (Å²) >= 11 is 0. The van der Waals surface area contributed by atoms with Gasteiger partial charge in [-0.25, -0.2) is 0 Å². The first kappa shape index (κ1) is 10.8. The predicted molar refractivity (Wildman–Crippen MR) is 66.0 cm³/mol. The topological polar surface area (TPSA) is 38.9 Å². The van der Waals surface area contributed by atoms with Crippen molar-refractivity contribution in [1.82, 2.24) is 4.98 Å². The lowest BCUT2D eigenvalue weighted by molar-refractivity contribution is 0.720. The SMILES string of the molecule is Cc1cccc([C@@H](N)Cc2ccncc2)c1. The molecule has 0 amide bonds. The first-order valence-electron chi connectivity index (χ1n) is 5.47. The summed E-state index contributed by atoms with van der Waals surface area (Å²) in [5.74, 6) is 0. The van der Waals surface area contributed by atoms with E-state index in [0.717, 1.165) is 6.42 Å². The fourth-order valence-corrected chi connectivity index (χ4v) is 1.79. The summed E-state index contributed by atoms with van der Waals surface area (Å²) in [6.07, 6.45) is 4.46. The summed E-state index contributed by atoms with van der Waals surface area (Å²) in [7, 11) is 0. The summed E-state index contributed by atoms with van der Waals surface area (Å²) < 4.78 is 0. The highest BCUT2D eigenvalue weighted by molar-refractivity contribution is 5.26. The summed E-state index contributed by atoms with van der Waals surface area (Å²) in [6.45, 7) is 2.09. The van der Waals surface area contributed by atoms with Crippen molar-refractivity contribution in [2.75, 3.05) is 0 Å². The number of pyridine rings is 1. The van der Waals surface area contributed by atoms with Crippen molar-refractivity contribution in [2.45, 2.75) is 19.4 Å². The van der Waals surface area contributed by atoms with Crippen LogP contribution >= 0.6 is 0 Å². The van der Waals surface area contributed by atoms with Gasteiger partial charge in [-0.1, -0.05) is 29.8 Å². The Morgan fingerprint density at radius 2 is 1.94 bits per heavy atom. The van der Waals surface area contributed by atoms with Crippen LogP contribution in [-0.4, -0.2) is 4.98 Å². The molecule has 0 aliphatic rings. The van der Waals surface area contributed by atoms with Crippen LogP contribution < -0.4 is 5.73 Å². The van der Waals surface area contributed by atoms with Crippen molar-refractivity contribution in [3.05, 3.63) is 65.5 Å². The molecule has 0 saturated carbocycles. The van der Waals surface area contributed by atoms with Gasteiger partial charge in [-0.15, -0.1) is 0 Å². The van der Waals surface area contributed by atoms with E-state index in [9.17, 15) is 0 Å². The number of aryl methyl sites for hydroxylation is 1. The Kier molecular flexibility index (Phi) is 3.32. The monoisotopic (exact) mass is 212 g/mol. The largest absolute Gasteiger partial charge is 0.324 e. The Bertz CT molecular complexity index is 451. The Morgan fingerprint density at radius 3 is 2.62 bits per heavy atom. The molecule has 2 heteroatoms. The van der Waals surface area contributed by atoms with E-state index >= 15 is 0 Å². The lowest BCUT2D eigenvalue weighted by Crippen LogP contribution is -2.13. The first-order valence-corrected chi connectivity index (χ1v) is 5.47. The maximum Gasteiger partial charge on any atom is 0.0335 e. The third-order valence-electron chi connectivity index (χ3n) is 2.68. The van der Waals surface area contributed by atoms with E-state index in [2.05, 4.69) is 36.2 Å². The molecular formula is C14H16N2. The van der Waals surface area contributed by atoms with E-state index in [-0.39, 0.29) is 6.04 Å². The molecule has 1 aromatic heterocycles. The van der Waals surface area contributed by atoms with Crippen molar-refractivity contribution in [3.63, 3.8) is 0 Å². The predicted octanol–water partition coefficient (Wildman–Crippen LogP) is 2.63. The van der Waals surface area contributed by atoms with Crippen LogP contribution in [0.5, 0.6) is 0 Å². The Balaban J connectivity index is 2.12. The van der Waals surface area contributed by atoms with Gasteiger partial charge in [0, 0.05) is 18.4 Å². The van der Waals surface area contributed by atoms with Crippen molar-refractivity contribution >= 4 is 0 Å². The van der Waals surface area contributed by atoms with E-state index < -0.39 is 0 Å². The van der Waals surface area contributed by atoms with Crippen LogP contribution in [0.1, 0.15) is 22.7 Å². The lowest BCUT2D eigenvalue weighted by atomic mass is 9.99. The van der Waals surface area contributed by atoms with Crippen molar-refractivity contribution in [1.29, 1.82) is 0 Å². The number of nitrogens with two attached hydrogens (primary N) is 1. The van der Waals surface area contributed by atoms with Gasteiger partial charge in [0.25, 0.3) is 0 Å². The second-order valence-electron chi connectivity index (χ2n) is 4.08. The fraction of sp³-hybridized carbons (Fsp3) is 0.214. The summed E-state index contributed by atoms with van der Waals surface area (Å²) in [4.78, 5) is 4.00. The zero-order chi connectivity index (χ0) is 11.4. The van der Waals surface area contributed by atoms with E-state index in [1.54, 1.807) is 12.4 Å². The van der Waals surface area contributed by atoms with Crippen molar-refractivity contribution < 1.29 is 0 Å². The standard InChI is InChI=1S/C14H16N2/c1-11-3-2-4-13(9-11)14(15)10-12-5-7-16-8-6-12/h2-9,14H,10,15H2,1H3/t14-/m0/s1. The molecular weight excluding hydrogens is 196 g/mol. The van der Waals surface area contributed by atoms with Crippen LogP contribution in [0.15, 0.2) is 48.8 Å². The van der Waals surface area contributed by atoms with Crippen LogP contribution in [0.4, 0.5) is 0 Å². The average molecular weight is 212 g/mol. The molecule has 0 bridgehead atoms. The molecule has 2 nitrogen and oxygen atoms in total. The molecule has 0 spiro atoms. The minimum atomic E-state index is 0.0577. The van der Waals surface area contributed by atoms with E-state index in [0.29, 0.717) is 0 Å². The molecule has 1 heterocycles. The average Bonchev–Trinajstić information content (AvgIpc) is 2.30. The molecule has 0 aliphatic carbocycles. The highest BCUT2D eigenvalue weighted by Crippen LogP contribution is 2.16. The van der Waals surface area contributed by atoms with Gasteiger partial charge in [-0.2, -0.15) is 0 Å². The van der Waals surface area contributed by atoms with Crippen LogP contribution in [0.2, 0.25) is 0 Å². The molecule has 2 N–H and O–H groups in total. The number of benzene rings is 1. The highest BCUT2D eigenvalue weighted by Gasteiger charge is 2.06. The second-order valence-corrected chi connectivity index (χ2v) is 4.08. The molecule has 0 fully saturated rings. The molecule has 1 atom stereocenters. The van der Waals surface area contributed by atoms with Crippen molar-refractivity contribution in [2.24, 2.45) is 5.73 Å². The van der Waals surface area contributed by atoms with E-state index in [1.165, 1.54) is 16.7 Å². The first-order chi connectivity index (χ1) is 7.75. The Hall–Kier alpha value is -1.67. The maximum atomic E-state index is 6.18. The van der Waals surface area contributed by atoms with Gasteiger partial charge in [0.2, 0.25) is 0 Å². The molecule has 0 radical (unpaired) electrons. The molecule has 0 saturated heterocycles. The van der Waals surface area contributed by atoms with Gasteiger partial charge in [0.1, 0.15) is 0 Å². The maximum absolute atomic E-state index is 6.18. The fourth-order valence-electron chi connectivity index (χ4n) is 1.79. The normalized spacial score (nSPS) is 12.4. The third-order valence-corrected chi connectivity index (χ3v) is 2.68. The summed E-state index contributed by atoms with van der Waals surface area (Å²) in [5, 5.41) is 0. The van der Waals surface area contributed by atoms with E-state index in [4.69, 9.17) is 5.73 Å². The van der Waals surface area contributed by atoms with Gasteiger partial charge in [0.05, 0.1) is 0 Å². The Morgan fingerprint density at radius 1 is 1.19 bits per heavy atom. The van der Waals surface area contributed by atoms with Gasteiger partial charge < -0.3 is 5.73 Å². The third kappa shape index (κ3) is 2.67. The summed E-state index contributed by atoms with van der Waals surface area (Å²) in [5.41, 5.74) is 9.85. The quantitative estimate of drug-likeness (QED) is 0.849. The smallest absolute Gasteiger partial charge is 0.0335 e. The second kappa shape index (κ2) is 4.90. The number of nitrogens with zero attached hydrogens (tertiary/aromatic N) is 1. The van der Waals surface area contributed by atoms with Crippen LogP contribution in [0.3, 0.4) is 0 Å². The molecule has 2 rings (SSSR count). The van der Waals surface area contributed by atoms with Crippen LogP contribution in [0.25, 0.3) is 0 Å². The van der Waals surface area contributed by atoms with Crippen LogP contribution in [-0.2, 0) is 6.42 Å². The zero-order valence-corrected chi connectivity index (χ0v) is 9.43. The van der Waals surface area contributed by atoms with E-state index in [1.807, 2.05) is 12.1 Å².